The molecule has 1 N–H and O–H groups in total. The van der Waals surface area contributed by atoms with Gasteiger partial charge < -0.3 is 9.88 Å². The zero-order valence-electron chi connectivity index (χ0n) is 11.9. The van der Waals surface area contributed by atoms with Crippen LogP contribution >= 0.6 is 0 Å². The summed E-state index contributed by atoms with van der Waals surface area (Å²) in [7, 11) is 4.14. The fraction of sp³-hybridized carbons (Fsp3) is 0.786. The van der Waals surface area contributed by atoms with Crippen molar-refractivity contribution in [3.63, 3.8) is 0 Å². The molecular formula is C14H25N3. The average molecular weight is 235 g/mol. The van der Waals surface area contributed by atoms with E-state index in [0.29, 0.717) is 16.9 Å². The molecule has 0 aromatic carbocycles. The summed E-state index contributed by atoms with van der Waals surface area (Å²) >= 11 is 0. The number of nitrogens with one attached hydrogen (secondary N) is 1. The zero-order valence-corrected chi connectivity index (χ0v) is 11.9. The van der Waals surface area contributed by atoms with Crippen LogP contribution in [-0.4, -0.2) is 22.6 Å². The fourth-order valence-corrected chi connectivity index (χ4v) is 3.43. The van der Waals surface area contributed by atoms with Crippen molar-refractivity contribution >= 4 is 0 Å². The Hall–Kier alpha value is -0.830. The Morgan fingerprint density at radius 1 is 1.35 bits per heavy atom. The maximum absolute atomic E-state index is 4.43. The first-order valence-electron chi connectivity index (χ1n) is 6.46. The maximum Gasteiger partial charge on any atom is 0.109 e. The van der Waals surface area contributed by atoms with Crippen LogP contribution in [0, 0.1) is 16.7 Å². The third kappa shape index (κ3) is 1.81. The van der Waals surface area contributed by atoms with Gasteiger partial charge in [0.05, 0.1) is 0 Å². The summed E-state index contributed by atoms with van der Waals surface area (Å²) in [6.45, 7) is 9.50. The van der Waals surface area contributed by atoms with Gasteiger partial charge in [0.15, 0.2) is 0 Å². The largest absolute Gasteiger partial charge is 0.338 e. The van der Waals surface area contributed by atoms with E-state index in [9.17, 15) is 0 Å². The minimum atomic E-state index is 0.422. The Bertz CT molecular complexity index is 389. The summed E-state index contributed by atoms with van der Waals surface area (Å²) < 4.78 is 2.12. The van der Waals surface area contributed by atoms with Crippen LogP contribution in [0.5, 0.6) is 0 Å². The van der Waals surface area contributed by atoms with Crippen LogP contribution in [0.2, 0.25) is 0 Å². The molecule has 0 radical (unpaired) electrons. The van der Waals surface area contributed by atoms with Crippen LogP contribution in [0.15, 0.2) is 12.4 Å². The maximum atomic E-state index is 4.43. The minimum absolute atomic E-state index is 0.422. The molecule has 1 aliphatic rings. The Balaban J connectivity index is 2.12. The first-order chi connectivity index (χ1) is 7.82. The molecule has 1 unspecified atom stereocenters. The highest BCUT2D eigenvalue weighted by atomic mass is 15.0. The number of hydrogen-bond donors (Lipinski definition) is 1. The van der Waals surface area contributed by atoms with Gasteiger partial charge >= 0.3 is 0 Å². The molecule has 0 bridgehead atoms. The lowest BCUT2D eigenvalue weighted by Gasteiger charge is -2.18. The van der Waals surface area contributed by atoms with E-state index in [1.165, 1.54) is 5.82 Å². The number of nitrogens with zero attached hydrogens (tertiary/aromatic N) is 2. The molecule has 1 saturated carbocycles. The third-order valence-corrected chi connectivity index (χ3v) is 5.23. The lowest BCUT2D eigenvalue weighted by molar-refractivity contribution is 0.411. The lowest BCUT2D eigenvalue weighted by Crippen LogP contribution is -2.33. The number of rotatable bonds is 4. The van der Waals surface area contributed by atoms with Gasteiger partial charge in [0.1, 0.15) is 5.82 Å². The van der Waals surface area contributed by atoms with Crippen LogP contribution in [0.25, 0.3) is 0 Å². The molecule has 3 heteroatoms. The highest BCUT2D eigenvalue weighted by Crippen LogP contribution is 2.69. The predicted molar refractivity (Wildman–Crippen MR) is 70.8 cm³/mol. The van der Waals surface area contributed by atoms with Crippen LogP contribution < -0.4 is 5.32 Å². The smallest absolute Gasteiger partial charge is 0.109 e. The van der Waals surface area contributed by atoms with E-state index in [-0.39, 0.29) is 0 Å². The molecule has 0 amide bonds. The molecule has 1 aromatic heterocycles. The number of likely N-dealkylation sites (N-methyl/N-ethyl adjacent to an activating group) is 1. The van der Waals surface area contributed by atoms with E-state index in [0.717, 1.165) is 12.3 Å². The summed E-state index contributed by atoms with van der Waals surface area (Å²) in [6, 6.07) is 0.515. The molecule has 3 nitrogen and oxygen atoms in total. The lowest BCUT2D eigenvalue weighted by atomic mass is 10.0. The monoisotopic (exact) mass is 235 g/mol. The predicted octanol–water partition coefficient (Wildman–Crippen LogP) is 2.23. The second-order valence-electron chi connectivity index (χ2n) is 6.47. The molecule has 1 fully saturated rings. The van der Waals surface area contributed by atoms with Crippen molar-refractivity contribution in [1.29, 1.82) is 0 Å². The highest BCUT2D eigenvalue weighted by molar-refractivity contribution is 5.17. The summed E-state index contributed by atoms with van der Waals surface area (Å²) in [6.07, 6.45) is 4.91. The van der Waals surface area contributed by atoms with E-state index < -0.39 is 0 Å². The molecule has 0 saturated heterocycles. The fourth-order valence-electron chi connectivity index (χ4n) is 3.43. The van der Waals surface area contributed by atoms with E-state index in [4.69, 9.17) is 0 Å². The van der Waals surface area contributed by atoms with E-state index >= 15 is 0 Å². The van der Waals surface area contributed by atoms with Crippen LogP contribution in [0.4, 0.5) is 0 Å². The third-order valence-electron chi connectivity index (χ3n) is 5.23. The van der Waals surface area contributed by atoms with Gasteiger partial charge in [0.25, 0.3) is 0 Å². The van der Waals surface area contributed by atoms with Gasteiger partial charge in [0, 0.05) is 31.9 Å². The van der Waals surface area contributed by atoms with E-state index in [1.807, 2.05) is 12.4 Å². The number of imidazole rings is 1. The summed E-state index contributed by atoms with van der Waals surface area (Å²) in [5, 5.41) is 3.49. The van der Waals surface area contributed by atoms with Gasteiger partial charge in [-0.15, -0.1) is 0 Å². The number of aryl methyl sites for hydroxylation is 1. The Labute approximate surface area is 105 Å². The van der Waals surface area contributed by atoms with E-state index in [2.05, 4.69) is 56.7 Å². The highest BCUT2D eigenvalue weighted by Gasteiger charge is 2.66. The first-order valence-corrected chi connectivity index (χ1v) is 6.46. The molecule has 96 valence electrons. The molecule has 1 atom stereocenters. The second kappa shape index (κ2) is 3.84. The Morgan fingerprint density at radius 2 is 1.94 bits per heavy atom. The van der Waals surface area contributed by atoms with Crippen molar-refractivity contribution in [1.82, 2.24) is 14.9 Å². The van der Waals surface area contributed by atoms with Crippen LogP contribution in [0.1, 0.15) is 33.5 Å². The first kappa shape index (κ1) is 12.6. The van der Waals surface area contributed by atoms with Crippen molar-refractivity contribution in [2.24, 2.45) is 23.8 Å². The second-order valence-corrected chi connectivity index (χ2v) is 6.47. The van der Waals surface area contributed by atoms with Crippen LogP contribution in [0.3, 0.4) is 0 Å². The molecule has 1 aliphatic carbocycles. The van der Waals surface area contributed by atoms with Gasteiger partial charge in [-0.1, -0.05) is 27.7 Å². The molecule has 1 aromatic rings. The van der Waals surface area contributed by atoms with Gasteiger partial charge in [-0.3, -0.25) is 0 Å². The van der Waals surface area contributed by atoms with Crippen molar-refractivity contribution in [2.45, 2.75) is 40.2 Å². The number of hydrogen-bond acceptors (Lipinski definition) is 2. The molecule has 0 spiro atoms. The topological polar surface area (TPSA) is 29.9 Å². The quantitative estimate of drug-likeness (QED) is 0.867. The van der Waals surface area contributed by atoms with Gasteiger partial charge in [-0.25, -0.2) is 4.98 Å². The van der Waals surface area contributed by atoms with Crippen molar-refractivity contribution in [3.05, 3.63) is 18.2 Å². The van der Waals surface area contributed by atoms with E-state index in [1.54, 1.807) is 0 Å². The number of aromatic nitrogens is 2. The minimum Gasteiger partial charge on any atom is -0.338 e. The van der Waals surface area contributed by atoms with Crippen LogP contribution in [-0.2, 0) is 13.5 Å². The molecule has 0 aliphatic heterocycles. The Morgan fingerprint density at radius 3 is 2.29 bits per heavy atom. The van der Waals surface area contributed by atoms with Crippen molar-refractivity contribution in [2.75, 3.05) is 7.05 Å². The molecule has 2 rings (SSSR count). The molecular weight excluding hydrogens is 210 g/mol. The zero-order chi connectivity index (χ0) is 12.8. The van der Waals surface area contributed by atoms with Gasteiger partial charge in [0.2, 0.25) is 0 Å². The Kier molecular flexibility index (Phi) is 2.85. The average Bonchev–Trinajstić information content (AvgIpc) is 2.56. The van der Waals surface area contributed by atoms with Crippen molar-refractivity contribution < 1.29 is 0 Å². The summed E-state index contributed by atoms with van der Waals surface area (Å²) in [5.74, 6) is 1.89. The van der Waals surface area contributed by atoms with Gasteiger partial charge in [-0.05, 0) is 23.8 Å². The summed E-state index contributed by atoms with van der Waals surface area (Å²) in [4.78, 5) is 4.43. The SMILES string of the molecule is CNC(Cc1nccn1C)C1C(C)(C)C1(C)C. The normalized spacial score (nSPS) is 23.6. The standard InChI is InChI=1S/C14H25N3/c1-13(2)12(14(13,3)4)10(15-5)9-11-16-7-8-17(11)6/h7-8,10,12,15H,9H2,1-6H3. The summed E-state index contributed by atoms with van der Waals surface area (Å²) in [5.41, 5.74) is 0.845. The molecule has 17 heavy (non-hydrogen) atoms. The van der Waals surface area contributed by atoms with Crippen molar-refractivity contribution in [3.8, 4) is 0 Å². The van der Waals surface area contributed by atoms with Gasteiger partial charge in [-0.2, -0.15) is 0 Å². The molecule has 1 heterocycles.